The summed E-state index contributed by atoms with van der Waals surface area (Å²) in [5.74, 6) is 0.166. The number of hydrogen-bond donors (Lipinski definition) is 1. The molecule has 0 saturated heterocycles. The van der Waals surface area contributed by atoms with Gasteiger partial charge in [-0.05, 0) is 36.5 Å². The number of rotatable bonds is 3. The molecule has 0 amide bonds. The number of nitrogens with two attached hydrogens (primary N) is 1. The van der Waals surface area contributed by atoms with Crippen molar-refractivity contribution in [2.45, 2.75) is 38.1 Å². The van der Waals surface area contributed by atoms with Crippen LogP contribution in [0.25, 0.3) is 0 Å². The maximum atomic E-state index is 12.1. The Balaban J connectivity index is 2.11. The van der Waals surface area contributed by atoms with Gasteiger partial charge in [-0.3, -0.25) is 0 Å². The van der Waals surface area contributed by atoms with E-state index in [2.05, 4.69) is 4.74 Å². The summed E-state index contributed by atoms with van der Waals surface area (Å²) in [6.07, 6.45) is -0.263. The molecule has 0 spiro atoms. The van der Waals surface area contributed by atoms with Crippen molar-refractivity contribution in [2.24, 2.45) is 11.7 Å². The first-order valence-electron chi connectivity index (χ1n) is 6.07. The van der Waals surface area contributed by atoms with Crippen LogP contribution in [0.15, 0.2) is 24.3 Å². The first kappa shape index (κ1) is 13.2. The molecule has 0 bridgehead atoms. The third-order valence-electron chi connectivity index (χ3n) is 3.38. The van der Waals surface area contributed by atoms with Gasteiger partial charge in [0.2, 0.25) is 0 Å². The fraction of sp³-hybridized carbons (Fsp3) is 0.538. The zero-order valence-corrected chi connectivity index (χ0v) is 9.91. The average Bonchev–Trinajstić information content (AvgIpc) is 2.79. The van der Waals surface area contributed by atoms with Crippen molar-refractivity contribution < 1.29 is 17.9 Å². The third-order valence-corrected chi connectivity index (χ3v) is 3.38. The molecule has 1 aliphatic carbocycles. The smallest absolute Gasteiger partial charge is 0.406 e. The summed E-state index contributed by atoms with van der Waals surface area (Å²) >= 11 is 0. The highest BCUT2D eigenvalue weighted by Gasteiger charge is 2.31. The molecule has 1 fully saturated rings. The lowest BCUT2D eigenvalue weighted by molar-refractivity contribution is -0.274. The SMILES string of the molecule is NC(c1cccc(OC(F)(F)F)c1)C1CCCC1. The largest absolute Gasteiger partial charge is 0.573 e. The Kier molecular flexibility index (Phi) is 3.80. The minimum Gasteiger partial charge on any atom is -0.406 e. The molecule has 1 aromatic rings. The molecule has 5 heteroatoms. The average molecular weight is 259 g/mol. The number of alkyl halides is 3. The lowest BCUT2D eigenvalue weighted by Crippen LogP contribution is -2.20. The van der Waals surface area contributed by atoms with Crippen LogP contribution in [0, 0.1) is 5.92 Å². The summed E-state index contributed by atoms with van der Waals surface area (Å²) < 4.78 is 40.3. The Bertz CT molecular complexity index is 399. The topological polar surface area (TPSA) is 35.2 Å². The van der Waals surface area contributed by atoms with Gasteiger partial charge in [0.1, 0.15) is 5.75 Å². The Morgan fingerprint density at radius 2 is 1.89 bits per heavy atom. The molecule has 2 N–H and O–H groups in total. The first-order chi connectivity index (χ1) is 8.46. The first-order valence-corrected chi connectivity index (χ1v) is 6.07. The van der Waals surface area contributed by atoms with Crippen LogP contribution in [0.5, 0.6) is 5.75 Å². The molecule has 1 unspecified atom stereocenters. The van der Waals surface area contributed by atoms with E-state index in [-0.39, 0.29) is 11.8 Å². The molecule has 0 aliphatic heterocycles. The van der Waals surface area contributed by atoms with Gasteiger partial charge in [-0.2, -0.15) is 0 Å². The quantitative estimate of drug-likeness (QED) is 0.896. The number of benzene rings is 1. The number of halogens is 3. The van der Waals surface area contributed by atoms with Crippen molar-refractivity contribution >= 4 is 0 Å². The summed E-state index contributed by atoms with van der Waals surface area (Å²) in [6, 6.07) is 5.77. The highest BCUT2D eigenvalue weighted by molar-refractivity contribution is 5.31. The second-order valence-corrected chi connectivity index (χ2v) is 4.69. The highest BCUT2D eigenvalue weighted by atomic mass is 19.4. The van der Waals surface area contributed by atoms with Gasteiger partial charge in [-0.25, -0.2) is 0 Å². The fourth-order valence-corrected chi connectivity index (χ4v) is 2.51. The summed E-state index contributed by atoms with van der Waals surface area (Å²) in [7, 11) is 0. The highest BCUT2D eigenvalue weighted by Crippen LogP contribution is 2.35. The van der Waals surface area contributed by atoms with E-state index >= 15 is 0 Å². The van der Waals surface area contributed by atoms with Gasteiger partial charge in [0.15, 0.2) is 0 Å². The lowest BCUT2D eigenvalue weighted by atomic mass is 9.92. The molecule has 1 aliphatic rings. The molecule has 0 radical (unpaired) electrons. The zero-order chi connectivity index (χ0) is 13.2. The monoisotopic (exact) mass is 259 g/mol. The molecule has 100 valence electrons. The predicted molar refractivity (Wildman–Crippen MR) is 62.0 cm³/mol. The van der Waals surface area contributed by atoms with Crippen molar-refractivity contribution in [3.8, 4) is 5.75 Å². The molecule has 1 saturated carbocycles. The normalized spacial score (nSPS) is 18.9. The Morgan fingerprint density at radius 1 is 1.22 bits per heavy atom. The maximum Gasteiger partial charge on any atom is 0.573 e. The van der Waals surface area contributed by atoms with Gasteiger partial charge < -0.3 is 10.5 Å². The van der Waals surface area contributed by atoms with Crippen molar-refractivity contribution in [3.05, 3.63) is 29.8 Å². The maximum absolute atomic E-state index is 12.1. The van der Waals surface area contributed by atoms with E-state index in [0.29, 0.717) is 11.5 Å². The van der Waals surface area contributed by atoms with E-state index < -0.39 is 6.36 Å². The van der Waals surface area contributed by atoms with E-state index in [4.69, 9.17) is 5.73 Å². The molecule has 0 heterocycles. The van der Waals surface area contributed by atoms with Crippen LogP contribution in [0.4, 0.5) is 13.2 Å². The van der Waals surface area contributed by atoms with Gasteiger partial charge >= 0.3 is 6.36 Å². The third kappa shape index (κ3) is 3.38. The molecule has 1 atom stereocenters. The Labute approximate surface area is 104 Å². The predicted octanol–water partition coefficient (Wildman–Crippen LogP) is 3.78. The van der Waals surface area contributed by atoms with Crippen LogP contribution >= 0.6 is 0 Å². The molecule has 2 rings (SSSR count). The Hall–Kier alpha value is -1.23. The van der Waals surface area contributed by atoms with Gasteiger partial charge in [0.05, 0.1) is 0 Å². The fourth-order valence-electron chi connectivity index (χ4n) is 2.51. The lowest BCUT2D eigenvalue weighted by Gasteiger charge is -2.20. The second kappa shape index (κ2) is 5.18. The summed E-state index contributed by atoms with van der Waals surface area (Å²) in [6.45, 7) is 0. The van der Waals surface area contributed by atoms with Gasteiger partial charge in [-0.15, -0.1) is 13.2 Å². The Morgan fingerprint density at radius 3 is 2.50 bits per heavy atom. The molecular formula is C13H16F3NO. The minimum absolute atomic E-state index is 0.201. The van der Waals surface area contributed by atoms with Gasteiger partial charge in [-0.1, -0.05) is 25.0 Å². The van der Waals surface area contributed by atoms with Crippen LogP contribution in [0.1, 0.15) is 37.3 Å². The van der Waals surface area contributed by atoms with Crippen LogP contribution in [0.3, 0.4) is 0 Å². The van der Waals surface area contributed by atoms with Gasteiger partial charge in [0.25, 0.3) is 0 Å². The molecular weight excluding hydrogens is 243 g/mol. The molecule has 18 heavy (non-hydrogen) atoms. The summed E-state index contributed by atoms with van der Waals surface area (Å²) in [4.78, 5) is 0. The van der Waals surface area contributed by atoms with Crippen LogP contribution in [-0.4, -0.2) is 6.36 Å². The van der Waals surface area contributed by atoms with E-state index in [1.807, 2.05) is 0 Å². The van der Waals surface area contributed by atoms with Crippen molar-refractivity contribution in [3.63, 3.8) is 0 Å². The van der Waals surface area contributed by atoms with Crippen LogP contribution < -0.4 is 10.5 Å². The summed E-state index contributed by atoms with van der Waals surface area (Å²) in [5.41, 5.74) is 6.81. The van der Waals surface area contributed by atoms with E-state index in [0.717, 1.165) is 25.7 Å². The molecule has 0 aromatic heterocycles. The second-order valence-electron chi connectivity index (χ2n) is 4.69. The zero-order valence-electron chi connectivity index (χ0n) is 9.91. The minimum atomic E-state index is -4.66. The molecule has 2 nitrogen and oxygen atoms in total. The van der Waals surface area contributed by atoms with Crippen molar-refractivity contribution in [1.29, 1.82) is 0 Å². The number of hydrogen-bond acceptors (Lipinski definition) is 2. The standard InChI is InChI=1S/C13H16F3NO/c14-13(15,16)18-11-7-3-6-10(8-11)12(17)9-4-1-2-5-9/h3,6-9,12H,1-2,4-5,17H2. The molecule has 1 aromatic carbocycles. The summed E-state index contributed by atoms with van der Waals surface area (Å²) in [5, 5.41) is 0. The number of ether oxygens (including phenoxy) is 1. The van der Waals surface area contributed by atoms with Crippen LogP contribution in [0.2, 0.25) is 0 Å². The van der Waals surface area contributed by atoms with Crippen molar-refractivity contribution in [2.75, 3.05) is 0 Å². The van der Waals surface area contributed by atoms with E-state index in [1.165, 1.54) is 12.1 Å². The van der Waals surface area contributed by atoms with Crippen LogP contribution in [-0.2, 0) is 0 Å². The van der Waals surface area contributed by atoms with Gasteiger partial charge in [0, 0.05) is 6.04 Å². The van der Waals surface area contributed by atoms with Crippen molar-refractivity contribution in [1.82, 2.24) is 0 Å². The van der Waals surface area contributed by atoms with E-state index in [1.54, 1.807) is 12.1 Å². The van der Waals surface area contributed by atoms with E-state index in [9.17, 15) is 13.2 Å².